The van der Waals surface area contributed by atoms with E-state index >= 15 is 0 Å². The van der Waals surface area contributed by atoms with E-state index in [0.717, 1.165) is 24.1 Å². The van der Waals surface area contributed by atoms with Gasteiger partial charge in [0.2, 0.25) is 11.8 Å². The molecule has 0 saturated carbocycles. The molecule has 0 bridgehead atoms. The van der Waals surface area contributed by atoms with E-state index in [9.17, 15) is 9.59 Å². The number of nitrogens with one attached hydrogen (secondary N) is 1. The molecule has 2 rings (SSSR count). The lowest BCUT2D eigenvalue weighted by atomic mass is 10.1. The van der Waals surface area contributed by atoms with Gasteiger partial charge in [0.25, 0.3) is 0 Å². The Hall–Kier alpha value is -1.88. The van der Waals surface area contributed by atoms with Gasteiger partial charge >= 0.3 is 0 Å². The highest BCUT2D eigenvalue weighted by Gasteiger charge is 2.19. The fourth-order valence-corrected chi connectivity index (χ4v) is 2.42. The fourth-order valence-electron chi connectivity index (χ4n) is 2.42. The number of carbonyl (C=O) groups is 2. The van der Waals surface area contributed by atoms with Gasteiger partial charge in [-0.1, -0.05) is 24.3 Å². The molecule has 0 radical (unpaired) electrons. The maximum Gasteiger partial charge on any atom is 0.222 e. The van der Waals surface area contributed by atoms with Crippen molar-refractivity contribution in [3.05, 3.63) is 35.4 Å². The third-order valence-corrected chi connectivity index (χ3v) is 3.56. The summed E-state index contributed by atoms with van der Waals surface area (Å²) in [4.78, 5) is 25.0. The summed E-state index contributed by atoms with van der Waals surface area (Å²) < 4.78 is 0. The van der Waals surface area contributed by atoms with Crippen LogP contribution in [0.4, 0.5) is 0 Å². The standard InChI is InChI=1S/C16H23N3O2/c1-12(17)9-15(20)18-10-13-4-6-14(7-5-13)11-19-8-2-3-16(19)21/h4-7,12H,2-3,8-11,17H2,1H3,(H,18,20). The topological polar surface area (TPSA) is 75.4 Å². The van der Waals surface area contributed by atoms with Crippen LogP contribution < -0.4 is 11.1 Å². The Bertz CT molecular complexity index is 497. The molecule has 0 aliphatic carbocycles. The van der Waals surface area contributed by atoms with Gasteiger partial charge in [0.05, 0.1) is 0 Å². The minimum atomic E-state index is -0.120. The SMILES string of the molecule is CC(N)CC(=O)NCc1ccc(CN2CCCC2=O)cc1. The lowest BCUT2D eigenvalue weighted by Crippen LogP contribution is -2.29. The van der Waals surface area contributed by atoms with Crippen LogP contribution in [0, 0.1) is 0 Å². The molecule has 2 amide bonds. The molecule has 1 saturated heterocycles. The summed E-state index contributed by atoms with van der Waals surface area (Å²) in [6, 6.07) is 7.88. The van der Waals surface area contributed by atoms with Gasteiger partial charge in [0.1, 0.15) is 0 Å². The van der Waals surface area contributed by atoms with E-state index in [1.807, 2.05) is 36.1 Å². The molecule has 0 spiro atoms. The maximum atomic E-state index is 11.6. The Balaban J connectivity index is 1.81. The molecule has 1 aromatic carbocycles. The number of likely N-dealkylation sites (tertiary alicyclic amines) is 1. The number of hydrogen-bond donors (Lipinski definition) is 2. The summed E-state index contributed by atoms with van der Waals surface area (Å²) in [5.41, 5.74) is 7.75. The zero-order chi connectivity index (χ0) is 15.2. The predicted molar refractivity (Wildman–Crippen MR) is 81.2 cm³/mol. The van der Waals surface area contributed by atoms with Gasteiger partial charge in [-0.2, -0.15) is 0 Å². The van der Waals surface area contributed by atoms with Crippen molar-refractivity contribution in [3.63, 3.8) is 0 Å². The third-order valence-electron chi connectivity index (χ3n) is 3.56. The number of amides is 2. The monoisotopic (exact) mass is 289 g/mol. The second kappa shape index (κ2) is 7.22. The van der Waals surface area contributed by atoms with Crippen molar-refractivity contribution in [1.29, 1.82) is 0 Å². The Morgan fingerprint density at radius 1 is 1.33 bits per heavy atom. The first-order valence-electron chi connectivity index (χ1n) is 7.42. The highest BCUT2D eigenvalue weighted by Crippen LogP contribution is 2.14. The molecule has 21 heavy (non-hydrogen) atoms. The minimum Gasteiger partial charge on any atom is -0.352 e. The molecule has 1 heterocycles. The van der Waals surface area contributed by atoms with Crippen molar-refractivity contribution in [2.24, 2.45) is 5.73 Å². The molecule has 1 unspecified atom stereocenters. The largest absolute Gasteiger partial charge is 0.352 e. The number of rotatable bonds is 6. The molecular weight excluding hydrogens is 266 g/mol. The number of carbonyl (C=O) groups excluding carboxylic acids is 2. The Kier molecular flexibility index (Phi) is 5.33. The number of nitrogens with zero attached hydrogens (tertiary/aromatic N) is 1. The van der Waals surface area contributed by atoms with Gasteiger partial charge in [-0.25, -0.2) is 0 Å². The second-order valence-corrected chi connectivity index (χ2v) is 5.69. The van der Waals surface area contributed by atoms with Crippen LogP contribution in [-0.4, -0.2) is 29.3 Å². The Morgan fingerprint density at radius 2 is 2.00 bits per heavy atom. The number of benzene rings is 1. The Morgan fingerprint density at radius 3 is 2.57 bits per heavy atom. The molecule has 5 nitrogen and oxygen atoms in total. The van der Waals surface area contributed by atoms with Crippen LogP contribution in [0.5, 0.6) is 0 Å². The van der Waals surface area contributed by atoms with E-state index in [1.54, 1.807) is 0 Å². The first kappa shape index (κ1) is 15.5. The van der Waals surface area contributed by atoms with E-state index in [1.165, 1.54) is 0 Å². The van der Waals surface area contributed by atoms with Gasteiger partial charge in [-0.05, 0) is 24.5 Å². The van der Waals surface area contributed by atoms with Gasteiger partial charge in [-0.15, -0.1) is 0 Å². The minimum absolute atomic E-state index is 0.0308. The highest BCUT2D eigenvalue weighted by atomic mass is 16.2. The zero-order valence-corrected chi connectivity index (χ0v) is 12.5. The zero-order valence-electron chi connectivity index (χ0n) is 12.5. The molecule has 0 aromatic heterocycles. The van der Waals surface area contributed by atoms with Crippen LogP contribution in [0.15, 0.2) is 24.3 Å². The van der Waals surface area contributed by atoms with Crippen LogP contribution in [0.25, 0.3) is 0 Å². The van der Waals surface area contributed by atoms with Crippen LogP contribution in [0.3, 0.4) is 0 Å². The van der Waals surface area contributed by atoms with E-state index in [4.69, 9.17) is 5.73 Å². The van der Waals surface area contributed by atoms with Gasteiger partial charge in [0.15, 0.2) is 0 Å². The van der Waals surface area contributed by atoms with E-state index in [0.29, 0.717) is 25.9 Å². The first-order chi connectivity index (χ1) is 10.0. The molecule has 1 aliphatic rings. The maximum absolute atomic E-state index is 11.6. The lowest BCUT2D eigenvalue weighted by molar-refractivity contribution is -0.128. The summed E-state index contributed by atoms with van der Waals surface area (Å²) in [5.74, 6) is 0.207. The van der Waals surface area contributed by atoms with Crippen molar-refractivity contribution in [2.75, 3.05) is 6.54 Å². The van der Waals surface area contributed by atoms with Crippen molar-refractivity contribution in [1.82, 2.24) is 10.2 Å². The van der Waals surface area contributed by atoms with Gasteiger partial charge in [-0.3, -0.25) is 9.59 Å². The molecule has 5 heteroatoms. The summed E-state index contributed by atoms with van der Waals surface area (Å²) in [7, 11) is 0. The van der Waals surface area contributed by atoms with Crippen molar-refractivity contribution >= 4 is 11.8 Å². The van der Waals surface area contributed by atoms with E-state index in [2.05, 4.69) is 5.32 Å². The summed E-state index contributed by atoms with van der Waals surface area (Å²) >= 11 is 0. The van der Waals surface area contributed by atoms with E-state index in [-0.39, 0.29) is 17.9 Å². The fraction of sp³-hybridized carbons (Fsp3) is 0.500. The number of hydrogen-bond acceptors (Lipinski definition) is 3. The molecular formula is C16H23N3O2. The van der Waals surface area contributed by atoms with Gasteiger partial charge < -0.3 is 16.0 Å². The van der Waals surface area contributed by atoms with Crippen LogP contribution in [-0.2, 0) is 22.7 Å². The quantitative estimate of drug-likeness (QED) is 0.825. The van der Waals surface area contributed by atoms with Gasteiger partial charge in [0, 0.05) is 38.5 Å². The summed E-state index contributed by atoms with van der Waals surface area (Å²) in [5, 5.41) is 2.85. The van der Waals surface area contributed by atoms with Crippen LogP contribution in [0.2, 0.25) is 0 Å². The molecule has 3 N–H and O–H groups in total. The average Bonchev–Trinajstić information content (AvgIpc) is 2.83. The van der Waals surface area contributed by atoms with Crippen molar-refractivity contribution in [3.8, 4) is 0 Å². The molecule has 1 aliphatic heterocycles. The smallest absolute Gasteiger partial charge is 0.222 e. The Labute approximate surface area is 125 Å². The first-order valence-corrected chi connectivity index (χ1v) is 7.42. The summed E-state index contributed by atoms with van der Waals surface area (Å²) in [6.07, 6.45) is 1.97. The second-order valence-electron chi connectivity index (χ2n) is 5.69. The number of nitrogens with two attached hydrogens (primary N) is 1. The van der Waals surface area contributed by atoms with E-state index < -0.39 is 0 Å². The van der Waals surface area contributed by atoms with Crippen molar-refractivity contribution < 1.29 is 9.59 Å². The normalized spacial score (nSPS) is 16.1. The summed E-state index contributed by atoms with van der Waals surface area (Å²) in [6.45, 7) is 3.85. The third kappa shape index (κ3) is 4.86. The lowest BCUT2D eigenvalue weighted by Gasteiger charge is -2.15. The predicted octanol–water partition coefficient (Wildman–Crippen LogP) is 1.16. The van der Waals surface area contributed by atoms with Crippen LogP contribution in [0.1, 0.15) is 37.3 Å². The molecule has 1 aromatic rings. The van der Waals surface area contributed by atoms with Crippen LogP contribution >= 0.6 is 0 Å². The van der Waals surface area contributed by atoms with Crippen molar-refractivity contribution in [2.45, 2.75) is 45.3 Å². The highest BCUT2D eigenvalue weighted by molar-refractivity contribution is 5.78. The molecule has 1 atom stereocenters. The molecule has 114 valence electrons. The molecule has 1 fully saturated rings. The average molecular weight is 289 g/mol.